The highest BCUT2D eigenvalue weighted by atomic mass is 32.1. The maximum Gasteiger partial charge on any atom is 0.341 e. The Morgan fingerprint density at radius 3 is 2.48 bits per heavy atom. The van der Waals surface area contributed by atoms with Gasteiger partial charge in [0.05, 0.1) is 18.4 Å². The lowest BCUT2D eigenvalue weighted by Gasteiger charge is -2.07. The van der Waals surface area contributed by atoms with Crippen molar-refractivity contribution in [3.8, 4) is 0 Å². The molecule has 6 nitrogen and oxygen atoms in total. The molecule has 0 radical (unpaired) electrons. The molecule has 0 aliphatic heterocycles. The van der Waals surface area contributed by atoms with Crippen molar-refractivity contribution in [2.24, 2.45) is 0 Å². The summed E-state index contributed by atoms with van der Waals surface area (Å²) < 4.78 is 9.95. The third-order valence-corrected chi connectivity index (χ3v) is 4.74. The largest absolute Gasteiger partial charge is 0.465 e. The highest BCUT2D eigenvalue weighted by Gasteiger charge is 2.25. The molecule has 0 fully saturated rings. The molecule has 23 heavy (non-hydrogen) atoms. The Labute approximate surface area is 138 Å². The third kappa shape index (κ3) is 3.14. The summed E-state index contributed by atoms with van der Waals surface area (Å²) in [4.78, 5) is 25.7. The van der Waals surface area contributed by atoms with Crippen molar-refractivity contribution < 1.29 is 18.8 Å². The number of aromatic nitrogens is 1. The second kappa shape index (κ2) is 6.95. The number of amides is 1. The van der Waals surface area contributed by atoms with Crippen LogP contribution in [0.2, 0.25) is 0 Å². The Hall–Kier alpha value is -2.15. The number of rotatable bonds is 5. The molecule has 0 aliphatic rings. The first kappa shape index (κ1) is 17.2. The molecule has 0 aliphatic carbocycles. The van der Waals surface area contributed by atoms with Crippen LogP contribution in [0.4, 0.5) is 5.00 Å². The maximum absolute atomic E-state index is 12.6. The Morgan fingerprint density at radius 2 is 1.91 bits per heavy atom. The summed E-state index contributed by atoms with van der Waals surface area (Å²) in [5.74, 6) is -0.308. The zero-order valence-corrected chi connectivity index (χ0v) is 14.7. The SMILES string of the molecule is CCc1noc(C)c1C(=O)Nc1sc(C)c(CC)c1C(=O)OC. The molecule has 1 amide bonds. The lowest BCUT2D eigenvalue weighted by molar-refractivity contribution is 0.0601. The average Bonchev–Trinajstić information content (AvgIpc) is 3.05. The van der Waals surface area contributed by atoms with Crippen molar-refractivity contribution in [3.05, 3.63) is 33.0 Å². The molecule has 0 atom stereocenters. The van der Waals surface area contributed by atoms with E-state index < -0.39 is 5.97 Å². The monoisotopic (exact) mass is 336 g/mol. The lowest BCUT2D eigenvalue weighted by Crippen LogP contribution is -2.16. The maximum atomic E-state index is 12.6. The van der Waals surface area contributed by atoms with Crippen molar-refractivity contribution in [1.82, 2.24) is 5.16 Å². The quantitative estimate of drug-likeness (QED) is 0.845. The van der Waals surface area contributed by atoms with Crippen LogP contribution >= 0.6 is 11.3 Å². The summed E-state index contributed by atoms with van der Waals surface area (Å²) in [5, 5.41) is 7.20. The molecule has 2 heterocycles. The van der Waals surface area contributed by atoms with Gasteiger partial charge in [-0.05, 0) is 32.3 Å². The molecule has 0 unspecified atom stereocenters. The molecule has 0 aromatic carbocycles. The van der Waals surface area contributed by atoms with Crippen LogP contribution in [0.3, 0.4) is 0 Å². The number of esters is 1. The van der Waals surface area contributed by atoms with Gasteiger partial charge in [0.1, 0.15) is 16.3 Å². The van der Waals surface area contributed by atoms with E-state index >= 15 is 0 Å². The van der Waals surface area contributed by atoms with Crippen LogP contribution in [0.1, 0.15) is 56.5 Å². The highest BCUT2D eigenvalue weighted by Crippen LogP contribution is 2.34. The minimum Gasteiger partial charge on any atom is -0.465 e. The molecular formula is C16H20N2O4S. The van der Waals surface area contributed by atoms with E-state index in [4.69, 9.17) is 9.26 Å². The van der Waals surface area contributed by atoms with E-state index in [1.54, 1.807) is 6.92 Å². The molecule has 0 spiro atoms. The van der Waals surface area contributed by atoms with Crippen molar-refractivity contribution >= 4 is 28.2 Å². The minimum atomic E-state index is -0.445. The van der Waals surface area contributed by atoms with Gasteiger partial charge in [-0.25, -0.2) is 4.79 Å². The number of thiophene rings is 1. The van der Waals surface area contributed by atoms with E-state index in [-0.39, 0.29) is 5.91 Å². The second-order valence-electron chi connectivity index (χ2n) is 5.05. The first-order valence-electron chi connectivity index (χ1n) is 7.41. The molecule has 0 saturated heterocycles. The van der Waals surface area contributed by atoms with Crippen LogP contribution in [0.15, 0.2) is 4.52 Å². The van der Waals surface area contributed by atoms with E-state index in [9.17, 15) is 9.59 Å². The van der Waals surface area contributed by atoms with Gasteiger partial charge in [0.25, 0.3) is 5.91 Å². The van der Waals surface area contributed by atoms with E-state index in [0.717, 1.165) is 10.4 Å². The average molecular weight is 336 g/mol. The molecule has 2 aromatic rings. The number of carbonyl (C=O) groups is 2. The molecule has 124 valence electrons. The predicted octanol–water partition coefficient (Wildman–Crippen LogP) is 3.52. The molecule has 0 saturated carbocycles. The number of ether oxygens (including phenoxy) is 1. The zero-order valence-electron chi connectivity index (χ0n) is 13.9. The van der Waals surface area contributed by atoms with Crippen LogP contribution in [0.25, 0.3) is 0 Å². The fraction of sp³-hybridized carbons (Fsp3) is 0.438. The number of anilines is 1. The smallest absolute Gasteiger partial charge is 0.341 e. The fourth-order valence-corrected chi connectivity index (χ4v) is 3.65. The van der Waals surface area contributed by atoms with Gasteiger partial charge in [0.2, 0.25) is 0 Å². The normalized spacial score (nSPS) is 10.7. The van der Waals surface area contributed by atoms with E-state index in [1.165, 1.54) is 18.4 Å². The fourth-order valence-electron chi connectivity index (χ4n) is 2.53. The van der Waals surface area contributed by atoms with Gasteiger partial charge in [0, 0.05) is 4.88 Å². The number of methoxy groups -OCH3 is 1. The predicted molar refractivity (Wildman–Crippen MR) is 88.3 cm³/mol. The number of carbonyl (C=O) groups excluding carboxylic acids is 2. The van der Waals surface area contributed by atoms with Gasteiger partial charge < -0.3 is 14.6 Å². The van der Waals surface area contributed by atoms with E-state index in [2.05, 4.69) is 10.5 Å². The number of nitrogens with zero attached hydrogens (tertiary/aromatic N) is 1. The van der Waals surface area contributed by atoms with Gasteiger partial charge in [-0.15, -0.1) is 11.3 Å². The molecule has 1 N–H and O–H groups in total. The summed E-state index contributed by atoms with van der Waals surface area (Å²) >= 11 is 1.37. The van der Waals surface area contributed by atoms with Gasteiger partial charge in [-0.1, -0.05) is 19.0 Å². The van der Waals surface area contributed by atoms with Crippen molar-refractivity contribution in [3.63, 3.8) is 0 Å². The molecular weight excluding hydrogens is 316 g/mol. The Balaban J connectivity index is 2.42. The lowest BCUT2D eigenvalue weighted by atomic mass is 10.1. The van der Waals surface area contributed by atoms with Crippen LogP contribution in [0, 0.1) is 13.8 Å². The zero-order chi connectivity index (χ0) is 17.1. The summed E-state index contributed by atoms with van der Waals surface area (Å²) in [5.41, 5.74) is 2.35. The topological polar surface area (TPSA) is 81.4 Å². The Morgan fingerprint density at radius 1 is 1.22 bits per heavy atom. The summed E-state index contributed by atoms with van der Waals surface area (Å²) in [7, 11) is 1.33. The minimum absolute atomic E-state index is 0.324. The van der Waals surface area contributed by atoms with Crippen molar-refractivity contribution in [1.29, 1.82) is 0 Å². The van der Waals surface area contributed by atoms with E-state index in [1.807, 2.05) is 20.8 Å². The van der Waals surface area contributed by atoms with Crippen molar-refractivity contribution in [2.45, 2.75) is 40.5 Å². The number of nitrogens with one attached hydrogen (secondary N) is 1. The van der Waals surface area contributed by atoms with Crippen LogP contribution in [0.5, 0.6) is 0 Å². The van der Waals surface area contributed by atoms with Gasteiger partial charge in [0.15, 0.2) is 0 Å². The van der Waals surface area contributed by atoms with E-state index in [0.29, 0.717) is 40.4 Å². The summed E-state index contributed by atoms with van der Waals surface area (Å²) in [6, 6.07) is 0. The van der Waals surface area contributed by atoms with Gasteiger partial charge >= 0.3 is 5.97 Å². The van der Waals surface area contributed by atoms with Crippen LogP contribution in [-0.4, -0.2) is 24.1 Å². The standard InChI is InChI=1S/C16H20N2O4S/c1-6-10-9(4)23-15(13(10)16(20)21-5)17-14(19)12-8(3)22-18-11(12)7-2/h6-7H2,1-5H3,(H,17,19). The van der Waals surface area contributed by atoms with Crippen molar-refractivity contribution in [2.75, 3.05) is 12.4 Å². The molecule has 0 bridgehead atoms. The summed E-state index contributed by atoms with van der Waals surface area (Å²) in [6.07, 6.45) is 1.28. The summed E-state index contributed by atoms with van der Waals surface area (Å²) in [6.45, 7) is 7.48. The van der Waals surface area contributed by atoms with Gasteiger partial charge in [-0.3, -0.25) is 4.79 Å². The first-order valence-corrected chi connectivity index (χ1v) is 8.23. The Bertz CT molecular complexity index is 746. The van der Waals surface area contributed by atoms with Crippen LogP contribution < -0.4 is 5.32 Å². The molecule has 2 rings (SSSR count). The number of hydrogen-bond acceptors (Lipinski definition) is 6. The number of hydrogen-bond donors (Lipinski definition) is 1. The second-order valence-corrected chi connectivity index (χ2v) is 6.28. The number of aryl methyl sites for hydroxylation is 3. The van der Waals surface area contributed by atoms with Gasteiger partial charge in [-0.2, -0.15) is 0 Å². The molecule has 2 aromatic heterocycles. The highest BCUT2D eigenvalue weighted by molar-refractivity contribution is 7.16. The Kier molecular flexibility index (Phi) is 5.20. The third-order valence-electron chi connectivity index (χ3n) is 3.67. The van der Waals surface area contributed by atoms with Crippen LogP contribution in [-0.2, 0) is 17.6 Å². The first-order chi connectivity index (χ1) is 10.9. The molecule has 7 heteroatoms.